The lowest BCUT2D eigenvalue weighted by atomic mass is 9.89. The number of rotatable bonds is 5. The molecule has 2 unspecified atom stereocenters. The molecule has 0 radical (unpaired) electrons. The summed E-state index contributed by atoms with van der Waals surface area (Å²) in [4.78, 5) is 0. The standard InChI is InChI=1S/C16H18BrNO2/c1-20-14-8-4-11(5-9-14)15(10-18)16(19)12-2-6-13(17)7-3-12/h2-9,15-16,19H,10,18H2,1H3. The van der Waals surface area contributed by atoms with Crippen molar-refractivity contribution >= 4 is 15.9 Å². The molecule has 2 rings (SSSR count). The Bertz CT molecular complexity index is 539. The Balaban J connectivity index is 2.23. The number of benzene rings is 2. The number of halogens is 1. The SMILES string of the molecule is COc1ccc(C(CN)C(O)c2ccc(Br)cc2)cc1. The summed E-state index contributed by atoms with van der Waals surface area (Å²) in [7, 11) is 1.63. The Hall–Kier alpha value is -1.36. The number of ether oxygens (including phenoxy) is 1. The van der Waals surface area contributed by atoms with E-state index in [0.29, 0.717) is 6.54 Å². The molecule has 0 aliphatic heterocycles. The topological polar surface area (TPSA) is 55.5 Å². The maximum atomic E-state index is 10.5. The van der Waals surface area contributed by atoms with Crippen molar-refractivity contribution in [2.24, 2.45) is 5.73 Å². The van der Waals surface area contributed by atoms with E-state index in [1.165, 1.54) is 0 Å². The number of methoxy groups -OCH3 is 1. The zero-order valence-corrected chi connectivity index (χ0v) is 12.9. The van der Waals surface area contributed by atoms with Gasteiger partial charge >= 0.3 is 0 Å². The minimum absolute atomic E-state index is 0.137. The van der Waals surface area contributed by atoms with Crippen LogP contribution in [0.5, 0.6) is 5.75 Å². The van der Waals surface area contributed by atoms with Gasteiger partial charge in [-0.15, -0.1) is 0 Å². The van der Waals surface area contributed by atoms with E-state index in [1.54, 1.807) is 7.11 Å². The van der Waals surface area contributed by atoms with Gasteiger partial charge in [0.1, 0.15) is 5.75 Å². The van der Waals surface area contributed by atoms with Crippen molar-refractivity contribution in [2.45, 2.75) is 12.0 Å². The lowest BCUT2D eigenvalue weighted by molar-refractivity contribution is 0.147. The van der Waals surface area contributed by atoms with Crippen LogP contribution in [0, 0.1) is 0 Å². The van der Waals surface area contributed by atoms with Crippen molar-refractivity contribution in [2.75, 3.05) is 13.7 Å². The van der Waals surface area contributed by atoms with Crippen LogP contribution in [-0.4, -0.2) is 18.8 Å². The van der Waals surface area contributed by atoms with E-state index in [-0.39, 0.29) is 5.92 Å². The number of aliphatic hydroxyl groups is 1. The maximum Gasteiger partial charge on any atom is 0.118 e. The summed E-state index contributed by atoms with van der Waals surface area (Å²) in [5.74, 6) is 0.657. The number of aliphatic hydroxyl groups excluding tert-OH is 1. The molecular formula is C16H18BrNO2. The van der Waals surface area contributed by atoms with Crippen molar-refractivity contribution in [1.82, 2.24) is 0 Å². The number of hydrogen-bond acceptors (Lipinski definition) is 3. The van der Waals surface area contributed by atoms with Crippen LogP contribution in [-0.2, 0) is 0 Å². The average molecular weight is 336 g/mol. The monoisotopic (exact) mass is 335 g/mol. The third-order valence-electron chi connectivity index (χ3n) is 3.39. The largest absolute Gasteiger partial charge is 0.497 e. The van der Waals surface area contributed by atoms with Gasteiger partial charge in [0, 0.05) is 16.9 Å². The molecule has 0 aliphatic rings. The Morgan fingerprint density at radius 1 is 1.05 bits per heavy atom. The van der Waals surface area contributed by atoms with E-state index < -0.39 is 6.10 Å². The number of hydrogen-bond donors (Lipinski definition) is 2. The molecule has 2 aromatic rings. The fraction of sp³-hybridized carbons (Fsp3) is 0.250. The Morgan fingerprint density at radius 3 is 2.10 bits per heavy atom. The van der Waals surface area contributed by atoms with Gasteiger partial charge in [-0.3, -0.25) is 0 Å². The highest BCUT2D eigenvalue weighted by Gasteiger charge is 2.21. The fourth-order valence-electron chi connectivity index (χ4n) is 2.19. The van der Waals surface area contributed by atoms with Crippen LogP contribution in [0.3, 0.4) is 0 Å². The predicted octanol–water partition coefficient (Wildman–Crippen LogP) is 3.23. The van der Waals surface area contributed by atoms with Crippen molar-refractivity contribution < 1.29 is 9.84 Å². The third kappa shape index (κ3) is 3.39. The van der Waals surface area contributed by atoms with Crippen LogP contribution in [0.4, 0.5) is 0 Å². The molecule has 20 heavy (non-hydrogen) atoms. The van der Waals surface area contributed by atoms with Gasteiger partial charge in [0.05, 0.1) is 13.2 Å². The van der Waals surface area contributed by atoms with Gasteiger partial charge in [-0.25, -0.2) is 0 Å². The van der Waals surface area contributed by atoms with Gasteiger partial charge in [-0.1, -0.05) is 40.2 Å². The molecule has 4 heteroatoms. The zero-order valence-electron chi connectivity index (χ0n) is 11.3. The van der Waals surface area contributed by atoms with Crippen molar-refractivity contribution in [3.63, 3.8) is 0 Å². The first-order valence-corrected chi connectivity index (χ1v) is 7.22. The molecule has 0 saturated heterocycles. The van der Waals surface area contributed by atoms with E-state index >= 15 is 0 Å². The van der Waals surface area contributed by atoms with E-state index in [0.717, 1.165) is 21.3 Å². The lowest BCUT2D eigenvalue weighted by Crippen LogP contribution is -2.20. The van der Waals surface area contributed by atoms with E-state index in [2.05, 4.69) is 15.9 Å². The summed E-state index contributed by atoms with van der Waals surface area (Å²) in [5, 5.41) is 10.5. The Labute approximate surface area is 127 Å². The smallest absolute Gasteiger partial charge is 0.118 e. The van der Waals surface area contributed by atoms with Crippen LogP contribution in [0.15, 0.2) is 53.0 Å². The first kappa shape index (κ1) is 15.0. The van der Waals surface area contributed by atoms with E-state index in [1.807, 2.05) is 48.5 Å². The van der Waals surface area contributed by atoms with Crippen molar-refractivity contribution in [3.05, 3.63) is 64.1 Å². The quantitative estimate of drug-likeness (QED) is 0.881. The van der Waals surface area contributed by atoms with E-state index in [9.17, 15) is 5.11 Å². The first-order chi connectivity index (χ1) is 9.65. The highest BCUT2D eigenvalue weighted by Crippen LogP contribution is 2.31. The Morgan fingerprint density at radius 2 is 1.60 bits per heavy atom. The van der Waals surface area contributed by atoms with Crippen LogP contribution in [0.25, 0.3) is 0 Å². The minimum Gasteiger partial charge on any atom is -0.497 e. The van der Waals surface area contributed by atoms with E-state index in [4.69, 9.17) is 10.5 Å². The van der Waals surface area contributed by atoms with Crippen LogP contribution >= 0.6 is 15.9 Å². The summed E-state index contributed by atoms with van der Waals surface area (Å²) in [6.07, 6.45) is -0.624. The number of nitrogens with two attached hydrogens (primary N) is 1. The third-order valence-corrected chi connectivity index (χ3v) is 3.92. The molecule has 0 aromatic heterocycles. The molecular weight excluding hydrogens is 318 g/mol. The fourth-order valence-corrected chi connectivity index (χ4v) is 2.45. The second-order valence-corrected chi connectivity index (χ2v) is 5.53. The molecule has 3 nitrogen and oxygen atoms in total. The molecule has 2 aromatic carbocycles. The Kier molecular flexibility index (Phi) is 5.17. The second-order valence-electron chi connectivity index (χ2n) is 4.61. The van der Waals surface area contributed by atoms with Crippen molar-refractivity contribution in [1.29, 1.82) is 0 Å². The van der Waals surface area contributed by atoms with Gasteiger partial charge in [0.2, 0.25) is 0 Å². The summed E-state index contributed by atoms with van der Waals surface area (Å²) < 4.78 is 6.13. The first-order valence-electron chi connectivity index (χ1n) is 6.43. The normalized spacial score (nSPS) is 13.8. The molecule has 0 spiro atoms. The highest BCUT2D eigenvalue weighted by atomic mass is 79.9. The van der Waals surface area contributed by atoms with Gasteiger partial charge in [0.15, 0.2) is 0 Å². The summed E-state index contributed by atoms with van der Waals surface area (Å²) >= 11 is 3.39. The van der Waals surface area contributed by atoms with Crippen LogP contribution in [0.1, 0.15) is 23.1 Å². The predicted molar refractivity (Wildman–Crippen MR) is 83.9 cm³/mol. The van der Waals surface area contributed by atoms with Crippen molar-refractivity contribution in [3.8, 4) is 5.75 Å². The van der Waals surface area contributed by atoms with Gasteiger partial charge < -0.3 is 15.6 Å². The molecule has 0 saturated carbocycles. The molecule has 0 heterocycles. The lowest BCUT2D eigenvalue weighted by Gasteiger charge is -2.22. The summed E-state index contributed by atoms with van der Waals surface area (Å²) in [6.45, 7) is 0.379. The van der Waals surface area contributed by atoms with Crippen LogP contribution in [0.2, 0.25) is 0 Å². The average Bonchev–Trinajstić information content (AvgIpc) is 2.49. The summed E-state index contributed by atoms with van der Waals surface area (Å²) in [6, 6.07) is 15.3. The molecule has 0 amide bonds. The van der Waals surface area contributed by atoms with Gasteiger partial charge in [0.25, 0.3) is 0 Å². The maximum absolute atomic E-state index is 10.5. The molecule has 0 bridgehead atoms. The molecule has 106 valence electrons. The molecule has 0 aliphatic carbocycles. The molecule has 0 fully saturated rings. The van der Waals surface area contributed by atoms with Crippen LogP contribution < -0.4 is 10.5 Å². The summed E-state index contributed by atoms with van der Waals surface area (Å²) in [5.41, 5.74) is 7.71. The van der Waals surface area contributed by atoms with Gasteiger partial charge in [-0.2, -0.15) is 0 Å². The minimum atomic E-state index is -0.624. The van der Waals surface area contributed by atoms with Gasteiger partial charge in [-0.05, 0) is 35.4 Å². The molecule has 3 N–H and O–H groups in total. The molecule has 2 atom stereocenters. The highest BCUT2D eigenvalue weighted by molar-refractivity contribution is 9.10. The zero-order chi connectivity index (χ0) is 14.5. The second kappa shape index (κ2) is 6.88.